The quantitative estimate of drug-likeness (QED) is 0.878. The fourth-order valence-electron chi connectivity index (χ4n) is 1.61. The molecule has 0 fully saturated rings. The van der Waals surface area contributed by atoms with Gasteiger partial charge >= 0.3 is 0 Å². The first kappa shape index (κ1) is 12.5. The molecule has 0 aliphatic rings. The minimum absolute atomic E-state index is 0.548. The van der Waals surface area contributed by atoms with Crippen LogP contribution >= 0.6 is 0 Å². The molecule has 3 heteroatoms. The normalized spacial score (nSPS) is 10.1. The molecule has 0 saturated carbocycles. The monoisotopic (exact) mass is 243 g/mol. The topological polar surface area (TPSA) is 44.5 Å². The SMILES string of the molecule is COc1ccc(COc2ccc(CN)cc2)cc1. The zero-order valence-corrected chi connectivity index (χ0v) is 10.4. The van der Waals surface area contributed by atoms with Gasteiger partial charge in [-0.1, -0.05) is 24.3 Å². The van der Waals surface area contributed by atoms with Gasteiger partial charge in [-0.3, -0.25) is 0 Å². The molecule has 0 aliphatic carbocycles. The van der Waals surface area contributed by atoms with Crippen molar-refractivity contribution in [2.45, 2.75) is 13.2 Å². The minimum atomic E-state index is 0.548. The second-order valence-corrected chi connectivity index (χ2v) is 3.98. The molecule has 3 nitrogen and oxygen atoms in total. The molecule has 0 bridgehead atoms. The number of benzene rings is 2. The van der Waals surface area contributed by atoms with Crippen LogP contribution in [0.1, 0.15) is 11.1 Å². The number of ether oxygens (including phenoxy) is 2. The first-order valence-electron chi connectivity index (χ1n) is 5.86. The van der Waals surface area contributed by atoms with Crippen LogP contribution in [0.3, 0.4) is 0 Å². The third-order valence-electron chi connectivity index (χ3n) is 2.72. The molecule has 0 aliphatic heterocycles. The van der Waals surface area contributed by atoms with Crippen molar-refractivity contribution < 1.29 is 9.47 Å². The summed E-state index contributed by atoms with van der Waals surface area (Å²) in [5.74, 6) is 1.70. The minimum Gasteiger partial charge on any atom is -0.497 e. The van der Waals surface area contributed by atoms with E-state index in [4.69, 9.17) is 15.2 Å². The molecular formula is C15H17NO2. The Bertz CT molecular complexity index is 429. The van der Waals surface area contributed by atoms with Crippen molar-refractivity contribution in [3.63, 3.8) is 0 Å². The van der Waals surface area contributed by atoms with E-state index in [0.29, 0.717) is 13.2 Å². The van der Waals surface area contributed by atoms with Crippen LogP contribution in [-0.2, 0) is 13.2 Å². The van der Waals surface area contributed by atoms with E-state index < -0.39 is 0 Å². The lowest BCUT2D eigenvalue weighted by Gasteiger charge is -2.07. The molecular weight excluding hydrogens is 226 g/mol. The zero-order valence-electron chi connectivity index (χ0n) is 10.4. The zero-order chi connectivity index (χ0) is 12.8. The second-order valence-electron chi connectivity index (χ2n) is 3.98. The Labute approximate surface area is 107 Å². The fourth-order valence-corrected chi connectivity index (χ4v) is 1.61. The van der Waals surface area contributed by atoms with Gasteiger partial charge in [0.2, 0.25) is 0 Å². The van der Waals surface area contributed by atoms with Crippen LogP contribution < -0.4 is 15.2 Å². The summed E-state index contributed by atoms with van der Waals surface area (Å²) >= 11 is 0. The Hall–Kier alpha value is -2.00. The van der Waals surface area contributed by atoms with Crippen LogP contribution in [0.5, 0.6) is 11.5 Å². The van der Waals surface area contributed by atoms with Crippen molar-refractivity contribution in [2.75, 3.05) is 7.11 Å². The van der Waals surface area contributed by atoms with Gasteiger partial charge in [0.05, 0.1) is 7.11 Å². The number of hydrogen-bond donors (Lipinski definition) is 1. The highest BCUT2D eigenvalue weighted by atomic mass is 16.5. The van der Waals surface area contributed by atoms with Crippen molar-refractivity contribution in [1.29, 1.82) is 0 Å². The lowest BCUT2D eigenvalue weighted by atomic mass is 10.2. The number of rotatable bonds is 5. The van der Waals surface area contributed by atoms with Gasteiger partial charge in [-0.15, -0.1) is 0 Å². The molecule has 0 aromatic heterocycles. The molecule has 2 aromatic carbocycles. The van der Waals surface area contributed by atoms with Gasteiger partial charge in [0.1, 0.15) is 18.1 Å². The van der Waals surface area contributed by atoms with Gasteiger partial charge in [0.15, 0.2) is 0 Å². The first-order chi connectivity index (χ1) is 8.81. The van der Waals surface area contributed by atoms with Crippen LogP contribution in [-0.4, -0.2) is 7.11 Å². The average Bonchev–Trinajstić information content (AvgIpc) is 2.46. The van der Waals surface area contributed by atoms with Gasteiger partial charge in [0.25, 0.3) is 0 Å². The van der Waals surface area contributed by atoms with Crippen LogP contribution in [0.25, 0.3) is 0 Å². The molecule has 0 atom stereocenters. The van der Waals surface area contributed by atoms with E-state index in [9.17, 15) is 0 Å². The van der Waals surface area contributed by atoms with E-state index in [1.54, 1.807) is 7.11 Å². The summed E-state index contributed by atoms with van der Waals surface area (Å²) in [6.07, 6.45) is 0. The van der Waals surface area contributed by atoms with Gasteiger partial charge < -0.3 is 15.2 Å². The van der Waals surface area contributed by atoms with Crippen LogP contribution in [0.4, 0.5) is 0 Å². The van der Waals surface area contributed by atoms with Crippen LogP contribution in [0.15, 0.2) is 48.5 Å². The van der Waals surface area contributed by atoms with Gasteiger partial charge in [0, 0.05) is 6.54 Å². The highest BCUT2D eigenvalue weighted by molar-refractivity contribution is 5.29. The summed E-state index contributed by atoms with van der Waals surface area (Å²) in [6, 6.07) is 15.7. The summed E-state index contributed by atoms with van der Waals surface area (Å²) in [5, 5.41) is 0. The third-order valence-corrected chi connectivity index (χ3v) is 2.72. The Kier molecular flexibility index (Phi) is 4.20. The van der Waals surface area contributed by atoms with E-state index in [1.807, 2.05) is 48.5 Å². The van der Waals surface area contributed by atoms with Crippen LogP contribution in [0, 0.1) is 0 Å². The standard InChI is InChI=1S/C15H17NO2/c1-17-14-6-4-13(5-7-14)11-18-15-8-2-12(10-16)3-9-15/h2-9H,10-11,16H2,1H3. The lowest BCUT2D eigenvalue weighted by Crippen LogP contribution is -1.98. The smallest absolute Gasteiger partial charge is 0.119 e. The molecule has 2 N–H and O–H groups in total. The maximum atomic E-state index is 5.68. The average molecular weight is 243 g/mol. The first-order valence-corrected chi connectivity index (χ1v) is 5.86. The maximum Gasteiger partial charge on any atom is 0.119 e. The predicted molar refractivity (Wildman–Crippen MR) is 71.7 cm³/mol. The Morgan fingerprint density at radius 1 is 0.833 bits per heavy atom. The van der Waals surface area contributed by atoms with Crippen molar-refractivity contribution >= 4 is 0 Å². The van der Waals surface area contributed by atoms with E-state index in [1.165, 1.54) is 0 Å². The molecule has 0 unspecified atom stereocenters. The summed E-state index contributed by atoms with van der Waals surface area (Å²) in [7, 11) is 1.66. The van der Waals surface area contributed by atoms with E-state index in [-0.39, 0.29) is 0 Å². The number of nitrogens with two attached hydrogens (primary N) is 1. The summed E-state index contributed by atoms with van der Waals surface area (Å²) in [6.45, 7) is 1.10. The fraction of sp³-hybridized carbons (Fsp3) is 0.200. The molecule has 2 rings (SSSR count). The van der Waals surface area contributed by atoms with Crippen molar-refractivity contribution in [2.24, 2.45) is 5.73 Å². The highest BCUT2D eigenvalue weighted by Gasteiger charge is 1.97. The largest absolute Gasteiger partial charge is 0.497 e. The molecule has 0 amide bonds. The van der Waals surface area contributed by atoms with Gasteiger partial charge in [-0.2, -0.15) is 0 Å². The predicted octanol–water partition coefficient (Wildman–Crippen LogP) is 2.73. The summed E-state index contributed by atoms with van der Waals surface area (Å²) < 4.78 is 10.8. The third kappa shape index (κ3) is 3.25. The second kappa shape index (κ2) is 6.07. The highest BCUT2D eigenvalue weighted by Crippen LogP contribution is 2.16. The van der Waals surface area contributed by atoms with Crippen LogP contribution in [0.2, 0.25) is 0 Å². The van der Waals surface area contributed by atoms with E-state index in [0.717, 1.165) is 22.6 Å². The molecule has 2 aromatic rings. The van der Waals surface area contributed by atoms with Gasteiger partial charge in [-0.25, -0.2) is 0 Å². The number of methoxy groups -OCH3 is 1. The molecule has 94 valence electrons. The maximum absolute atomic E-state index is 5.68. The molecule has 0 radical (unpaired) electrons. The number of hydrogen-bond acceptors (Lipinski definition) is 3. The van der Waals surface area contributed by atoms with Crippen molar-refractivity contribution in [1.82, 2.24) is 0 Å². The van der Waals surface area contributed by atoms with E-state index in [2.05, 4.69) is 0 Å². The lowest BCUT2D eigenvalue weighted by molar-refractivity contribution is 0.306. The summed E-state index contributed by atoms with van der Waals surface area (Å²) in [5.41, 5.74) is 7.75. The summed E-state index contributed by atoms with van der Waals surface area (Å²) in [4.78, 5) is 0. The Balaban J connectivity index is 1.93. The Morgan fingerprint density at radius 3 is 1.94 bits per heavy atom. The van der Waals surface area contributed by atoms with Gasteiger partial charge in [-0.05, 0) is 35.4 Å². The molecule has 0 saturated heterocycles. The van der Waals surface area contributed by atoms with Crippen molar-refractivity contribution in [3.05, 3.63) is 59.7 Å². The molecule has 18 heavy (non-hydrogen) atoms. The van der Waals surface area contributed by atoms with E-state index >= 15 is 0 Å². The molecule has 0 heterocycles. The molecule has 0 spiro atoms. The van der Waals surface area contributed by atoms with Crippen molar-refractivity contribution in [3.8, 4) is 11.5 Å². The Morgan fingerprint density at radius 2 is 1.39 bits per heavy atom.